The molecule has 0 saturated carbocycles. The SMILES string of the molecule is CC(C)(C)NC(CCCCN)C(=O)CC(CCCCN)C(=O)NC(CCCCN)C(=O)CC(CCCCN)C(=O)NC(CCCCN)C(=O)CC(CCCCN)C(=O)C(C)(C)C. The topological polar surface area (TPSA) is 295 Å². The normalized spacial score (nSPS) is 15.0. The van der Waals surface area contributed by atoms with Crippen LogP contribution >= 0.6 is 0 Å². The quantitative estimate of drug-likeness (QED) is 0.0398. The van der Waals surface area contributed by atoms with Crippen LogP contribution in [0.15, 0.2) is 0 Å². The van der Waals surface area contributed by atoms with Crippen molar-refractivity contribution in [1.82, 2.24) is 16.0 Å². The number of amides is 2. The van der Waals surface area contributed by atoms with E-state index in [0.717, 1.165) is 19.3 Å². The number of unbranched alkanes of at least 4 members (excludes halogenated alkanes) is 6. The van der Waals surface area contributed by atoms with Crippen LogP contribution in [0, 0.1) is 23.2 Å². The van der Waals surface area contributed by atoms with Gasteiger partial charge in [0.1, 0.15) is 5.78 Å². The van der Waals surface area contributed by atoms with Crippen molar-refractivity contribution in [2.75, 3.05) is 39.3 Å². The first-order valence-corrected chi connectivity index (χ1v) is 24.0. The van der Waals surface area contributed by atoms with E-state index in [0.29, 0.717) is 136 Å². The lowest BCUT2D eigenvalue weighted by Gasteiger charge is -2.29. The molecule has 0 aromatic carbocycles. The van der Waals surface area contributed by atoms with Gasteiger partial charge in [-0.05, 0) is 150 Å². The van der Waals surface area contributed by atoms with Crippen molar-refractivity contribution in [2.45, 2.75) is 200 Å². The maximum absolute atomic E-state index is 14.3. The van der Waals surface area contributed by atoms with Crippen LogP contribution in [-0.2, 0) is 28.8 Å². The van der Waals surface area contributed by atoms with E-state index in [1.165, 1.54) is 0 Å². The van der Waals surface area contributed by atoms with Gasteiger partial charge in [0.15, 0.2) is 17.3 Å². The highest BCUT2D eigenvalue weighted by atomic mass is 16.2. The second-order valence-electron chi connectivity index (χ2n) is 19.5. The van der Waals surface area contributed by atoms with Gasteiger partial charge in [0.05, 0.1) is 18.1 Å². The number of hydrogen-bond donors (Lipinski definition) is 9. The van der Waals surface area contributed by atoms with Gasteiger partial charge in [-0.2, -0.15) is 0 Å². The van der Waals surface area contributed by atoms with Gasteiger partial charge in [-0.15, -0.1) is 0 Å². The maximum atomic E-state index is 14.3. The van der Waals surface area contributed by atoms with E-state index >= 15 is 0 Å². The van der Waals surface area contributed by atoms with Crippen molar-refractivity contribution in [1.29, 1.82) is 0 Å². The van der Waals surface area contributed by atoms with E-state index < -0.39 is 47.2 Å². The molecule has 0 radical (unpaired) electrons. The third-order valence-corrected chi connectivity index (χ3v) is 11.5. The molecule has 0 fully saturated rings. The van der Waals surface area contributed by atoms with Gasteiger partial charge in [-0.1, -0.05) is 46.5 Å². The Balaban J connectivity index is 6.57. The average molecular weight is 880 g/mol. The lowest BCUT2D eigenvalue weighted by atomic mass is 9.78. The van der Waals surface area contributed by atoms with Crippen LogP contribution < -0.4 is 50.4 Å². The van der Waals surface area contributed by atoms with Crippen molar-refractivity contribution in [3.8, 4) is 0 Å². The summed E-state index contributed by atoms with van der Waals surface area (Å²) in [6.07, 6.45) is 10.5. The molecule has 362 valence electrons. The highest BCUT2D eigenvalue weighted by molar-refractivity contribution is 5.97. The van der Waals surface area contributed by atoms with Gasteiger partial charge in [-0.3, -0.25) is 28.8 Å². The van der Waals surface area contributed by atoms with E-state index in [9.17, 15) is 28.8 Å². The van der Waals surface area contributed by atoms with Gasteiger partial charge in [0.25, 0.3) is 0 Å². The number of rotatable bonds is 39. The van der Waals surface area contributed by atoms with Gasteiger partial charge < -0.3 is 50.4 Å². The molecule has 2 amide bonds. The standard InChI is InChI=1S/C47H93N9O6/c1-46(2,3)43(60)34(19-7-13-25-48)31-40(57)37(22-10-16-28-51)54-44(61)35(20-8-14-26-49)32-41(58)38(23-11-17-29-52)55-45(62)36(21-9-15-27-50)33-42(59)39(24-12-18-30-53)56-47(4,5)6/h34-39,56H,7-33,48-53H2,1-6H3,(H,54,61)(H,55,62). The second-order valence-corrected chi connectivity index (χ2v) is 19.5. The average Bonchev–Trinajstić information content (AvgIpc) is 3.20. The number of carbonyl (C=O) groups excluding carboxylic acids is 6. The van der Waals surface area contributed by atoms with Gasteiger partial charge >= 0.3 is 0 Å². The molecule has 0 rings (SSSR count). The number of nitrogens with two attached hydrogens (primary N) is 6. The first kappa shape index (κ1) is 59.3. The van der Waals surface area contributed by atoms with Crippen LogP contribution in [0.5, 0.6) is 0 Å². The maximum Gasteiger partial charge on any atom is 0.224 e. The fraction of sp³-hybridized carbons (Fsp3) is 0.872. The summed E-state index contributed by atoms with van der Waals surface area (Å²) in [5.74, 6) is -3.36. The van der Waals surface area contributed by atoms with Gasteiger partial charge in [-0.25, -0.2) is 0 Å². The summed E-state index contributed by atoms with van der Waals surface area (Å²) in [6.45, 7) is 14.3. The third-order valence-electron chi connectivity index (χ3n) is 11.5. The summed E-state index contributed by atoms with van der Waals surface area (Å²) in [4.78, 5) is 84.1. The molecule has 62 heavy (non-hydrogen) atoms. The molecule has 6 atom stereocenters. The molecule has 0 saturated heterocycles. The van der Waals surface area contributed by atoms with Crippen molar-refractivity contribution in [3.63, 3.8) is 0 Å². The monoisotopic (exact) mass is 880 g/mol. The molecule has 0 aromatic rings. The largest absolute Gasteiger partial charge is 0.346 e. The molecule has 0 bridgehead atoms. The zero-order chi connectivity index (χ0) is 47.1. The van der Waals surface area contributed by atoms with E-state index in [-0.39, 0.29) is 53.8 Å². The summed E-state index contributed by atoms with van der Waals surface area (Å²) in [6, 6.07) is -2.21. The molecule has 15 N–H and O–H groups in total. The molecule has 0 heterocycles. The number of Topliss-reactive ketones (excluding diaryl/α,β-unsaturated/α-hetero) is 4. The molecule has 0 aliphatic carbocycles. The fourth-order valence-corrected chi connectivity index (χ4v) is 7.87. The minimum atomic E-state index is -0.904. The lowest BCUT2D eigenvalue weighted by molar-refractivity contribution is -0.136. The Kier molecular flexibility index (Phi) is 32.3. The Labute approximate surface area is 375 Å². The Morgan fingerprint density at radius 1 is 0.387 bits per heavy atom. The van der Waals surface area contributed by atoms with Crippen LogP contribution in [0.2, 0.25) is 0 Å². The summed E-state index contributed by atoms with van der Waals surface area (Å²) in [7, 11) is 0. The smallest absolute Gasteiger partial charge is 0.224 e. The molecule has 0 spiro atoms. The van der Waals surface area contributed by atoms with Crippen LogP contribution in [0.25, 0.3) is 0 Å². The van der Waals surface area contributed by atoms with Gasteiger partial charge in [0.2, 0.25) is 11.8 Å². The first-order valence-electron chi connectivity index (χ1n) is 24.0. The molecule has 0 aliphatic rings. The molecule has 15 nitrogen and oxygen atoms in total. The Hall–Kier alpha value is -2.66. The molecule has 15 heteroatoms. The Morgan fingerprint density at radius 3 is 0.968 bits per heavy atom. The molecular formula is C47H93N9O6. The number of hydrogen-bond acceptors (Lipinski definition) is 13. The summed E-state index contributed by atoms with van der Waals surface area (Å²) >= 11 is 0. The molecular weight excluding hydrogens is 787 g/mol. The van der Waals surface area contributed by atoms with Crippen molar-refractivity contribution < 1.29 is 28.8 Å². The van der Waals surface area contributed by atoms with Crippen LogP contribution in [0.3, 0.4) is 0 Å². The zero-order valence-corrected chi connectivity index (χ0v) is 40.0. The predicted octanol–water partition coefficient (Wildman–Crippen LogP) is 3.83. The van der Waals surface area contributed by atoms with Crippen molar-refractivity contribution in [2.24, 2.45) is 57.6 Å². The van der Waals surface area contributed by atoms with Crippen LogP contribution in [0.4, 0.5) is 0 Å². The zero-order valence-electron chi connectivity index (χ0n) is 40.0. The van der Waals surface area contributed by atoms with Crippen molar-refractivity contribution >= 4 is 34.9 Å². The van der Waals surface area contributed by atoms with Gasteiger partial charge in [0, 0.05) is 48.0 Å². The highest BCUT2D eigenvalue weighted by Crippen LogP contribution is 2.28. The third kappa shape index (κ3) is 26.8. The number of carbonyl (C=O) groups is 6. The fourth-order valence-electron chi connectivity index (χ4n) is 7.87. The summed E-state index contributed by atoms with van der Waals surface area (Å²) < 4.78 is 0. The first-order chi connectivity index (χ1) is 29.3. The number of nitrogens with one attached hydrogen (secondary N) is 3. The minimum Gasteiger partial charge on any atom is -0.346 e. The lowest BCUT2D eigenvalue weighted by Crippen LogP contribution is -2.49. The van der Waals surface area contributed by atoms with E-state index in [2.05, 4.69) is 16.0 Å². The Morgan fingerprint density at radius 2 is 0.661 bits per heavy atom. The summed E-state index contributed by atoms with van der Waals surface area (Å²) in [5.41, 5.74) is 33.8. The molecule has 0 aliphatic heterocycles. The summed E-state index contributed by atoms with van der Waals surface area (Å²) in [5, 5.41) is 9.44. The van der Waals surface area contributed by atoms with E-state index in [1.54, 1.807) is 0 Å². The van der Waals surface area contributed by atoms with Crippen LogP contribution in [0.1, 0.15) is 176 Å². The Bertz CT molecular complexity index is 1290. The molecule has 0 aromatic heterocycles. The van der Waals surface area contributed by atoms with Crippen LogP contribution in [-0.4, -0.2) is 97.9 Å². The second kappa shape index (κ2) is 33.8. The predicted molar refractivity (Wildman–Crippen MR) is 252 cm³/mol. The number of ketones is 4. The van der Waals surface area contributed by atoms with E-state index in [1.807, 2.05) is 41.5 Å². The highest BCUT2D eigenvalue weighted by Gasteiger charge is 2.35. The minimum absolute atomic E-state index is 0.00206. The van der Waals surface area contributed by atoms with E-state index in [4.69, 9.17) is 34.4 Å². The molecule has 6 unspecified atom stereocenters. The van der Waals surface area contributed by atoms with Crippen molar-refractivity contribution in [3.05, 3.63) is 0 Å².